The van der Waals surface area contributed by atoms with Crippen LogP contribution in [-0.2, 0) is 20.9 Å². The van der Waals surface area contributed by atoms with Crippen LogP contribution in [-0.4, -0.2) is 49.3 Å². The molecule has 2 heterocycles. The molecule has 1 aliphatic heterocycles. The Morgan fingerprint density at radius 3 is 2.64 bits per heavy atom. The predicted octanol–water partition coefficient (Wildman–Crippen LogP) is 1.66. The van der Waals surface area contributed by atoms with E-state index in [1.54, 1.807) is 27.7 Å². The Kier molecular flexibility index (Phi) is 4.60. The van der Waals surface area contributed by atoms with Crippen molar-refractivity contribution in [3.05, 3.63) is 16.3 Å². The first-order chi connectivity index (χ1) is 11.4. The van der Waals surface area contributed by atoms with E-state index in [2.05, 4.69) is 4.98 Å². The highest BCUT2D eigenvalue weighted by Gasteiger charge is 2.42. The summed E-state index contributed by atoms with van der Waals surface area (Å²) in [6, 6.07) is 0.0814. The molecule has 138 valence electrons. The maximum Gasteiger partial charge on any atom is 0.443 e. The SMILES string of the molecule is CC(=O)ON(C(=O)OCC1(C)Cn2cc([N+](=O)[O-])nc2O1)C(C)(C)C. The van der Waals surface area contributed by atoms with Crippen molar-refractivity contribution in [3.63, 3.8) is 0 Å². The molecule has 11 heteroatoms. The van der Waals surface area contributed by atoms with Crippen molar-refractivity contribution >= 4 is 17.9 Å². The van der Waals surface area contributed by atoms with E-state index in [1.165, 1.54) is 17.7 Å². The number of nitrogens with zero attached hydrogens (tertiary/aromatic N) is 4. The number of carbonyl (C=O) groups is 2. The molecule has 1 aromatic heterocycles. The average Bonchev–Trinajstić information content (AvgIpc) is 2.96. The van der Waals surface area contributed by atoms with Crippen molar-refractivity contribution in [1.29, 1.82) is 0 Å². The first kappa shape index (κ1) is 18.5. The Hall–Kier alpha value is -2.85. The second kappa shape index (κ2) is 6.22. The second-order valence-corrected chi connectivity index (χ2v) is 6.92. The molecule has 25 heavy (non-hydrogen) atoms. The molecule has 0 saturated heterocycles. The average molecular weight is 356 g/mol. The third-order valence-electron chi connectivity index (χ3n) is 3.25. The van der Waals surface area contributed by atoms with Gasteiger partial charge in [-0.05, 0) is 32.6 Å². The zero-order valence-corrected chi connectivity index (χ0v) is 14.6. The van der Waals surface area contributed by atoms with Gasteiger partial charge in [0, 0.05) is 11.9 Å². The Balaban J connectivity index is 2.00. The zero-order valence-electron chi connectivity index (χ0n) is 14.6. The lowest BCUT2D eigenvalue weighted by molar-refractivity contribution is -0.389. The smallest absolute Gasteiger partial charge is 0.443 e. The number of aromatic nitrogens is 2. The van der Waals surface area contributed by atoms with Crippen molar-refractivity contribution in [2.24, 2.45) is 0 Å². The third-order valence-corrected chi connectivity index (χ3v) is 3.25. The maximum atomic E-state index is 12.2. The van der Waals surface area contributed by atoms with Crippen LogP contribution in [0.25, 0.3) is 0 Å². The first-order valence-electron chi connectivity index (χ1n) is 7.47. The van der Waals surface area contributed by atoms with Crippen LogP contribution in [0.3, 0.4) is 0 Å². The van der Waals surface area contributed by atoms with Gasteiger partial charge in [-0.1, -0.05) is 0 Å². The molecule has 1 atom stereocenters. The summed E-state index contributed by atoms with van der Waals surface area (Å²) in [5.41, 5.74) is -1.74. The summed E-state index contributed by atoms with van der Waals surface area (Å²) < 4.78 is 12.2. The van der Waals surface area contributed by atoms with Crippen LogP contribution in [0.5, 0.6) is 6.01 Å². The van der Waals surface area contributed by atoms with E-state index in [1.807, 2.05) is 0 Å². The number of hydrogen-bond donors (Lipinski definition) is 0. The molecule has 11 nitrogen and oxygen atoms in total. The second-order valence-electron chi connectivity index (χ2n) is 6.92. The summed E-state index contributed by atoms with van der Waals surface area (Å²) in [5, 5.41) is 11.5. The van der Waals surface area contributed by atoms with E-state index in [9.17, 15) is 19.7 Å². The lowest BCUT2D eigenvalue weighted by Crippen LogP contribution is -2.48. The van der Waals surface area contributed by atoms with Crippen LogP contribution in [0.15, 0.2) is 6.20 Å². The molecule has 0 saturated carbocycles. The Labute approximate surface area is 143 Å². The number of hydroxylamine groups is 2. The van der Waals surface area contributed by atoms with Gasteiger partial charge in [-0.25, -0.2) is 4.79 Å². The minimum Gasteiger partial charge on any atom is -0.443 e. The summed E-state index contributed by atoms with van der Waals surface area (Å²) in [4.78, 5) is 42.1. The van der Waals surface area contributed by atoms with Crippen molar-refractivity contribution in [3.8, 4) is 6.01 Å². The highest BCUT2D eigenvalue weighted by molar-refractivity contribution is 5.72. The van der Waals surface area contributed by atoms with E-state index in [0.29, 0.717) is 0 Å². The van der Waals surface area contributed by atoms with Gasteiger partial charge in [-0.2, -0.15) is 0 Å². The molecule has 2 rings (SSSR count). The van der Waals surface area contributed by atoms with Crippen molar-refractivity contribution < 1.29 is 28.8 Å². The Morgan fingerprint density at radius 2 is 2.16 bits per heavy atom. The van der Waals surface area contributed by atoms with Gasteiger partial charge in [0.25, 0.3) is 0 Å². The van der Waals surface area contributed by atoms with E-state index in [0.717, 1.165) is 5.06 Å². The molecule has 0 N–H and O–H groups in total. The largest absolute Gasteiger partial charge is 0.443 e. The zero-order chi connectivity index (χ0) is 19.0. The van der Waals surface area contributed by atoms with Gasteiger partial charge in [0.05, 0.1) is 12.1 Å². The van der Waals surface area contributed by atoms with Gasteiger partial charge in [0.15, 0.2) is 5.60 Å². The minimum atomic E-state index is -0.938. The van der Waals surface area contributed by atoms with Crippen molar-refractivity contribution in [1.82, 2.24) is 14.6 Å². The number of ether oxygens (including phenoxy) is 2. The van der Waals surface area contributed by atoms with E-state index < -0.39 is 28.1 Å². The summed E-state index contributed by atoms with van der Waals surface area (Å²) >= 11 is 0. The molecular formula is C14H20N4O7. The fourth-order valence-electron chi connectivity index (χ4n) is 2.21. The van der Waals surface area contributed by atoms with Gasteiger partial charge in [0.2, 0.25) is 0 Å². The first-order valence-corrected chi connectivity index (χ1v) is 7.47. The lowest BCUT2D eigenvalue weighted by atomic mass is 10.1. The van der Waals surface area contributed by atoms with Crippen LogP contribution in [0.4, 0.5) is 10.6 Å². The van der Waals surface area contributed by atoms with Crippen LogP contribution >= 0.6 is 0 Å². The van der Waals surface area contributed by atoms with Gasteiger partial charge in [-0.15, -0.1) is 5.06 Å². The minimum absolute atomic E-state index is 0.0814. The van der Waals surface area contributed by atoms with Crippen molar-refractivity contribution in [2.75, 3.05) is 6.61 Å². The highest BCUT2D eigenvalue weighted by Crippen LogP contribution is 2.31. The molecular weight excluding hydrogens is 336 g/mol. The molecule has 1 unspecified atom stereocenters. The molecule has 0 radical (unpaired) electrons. The number of rotatable bonds is 3. The Morgan fingerprint density at radius 1 is 1.52 bits per heavy atom. The molecule has 1 amide bonds. The van der Waals surface area contributed by atoms with Crippen molar-refractivity contribution in [2.45, 2.75) is 52.3 Å². The Bertz CT molecular complexity index is 683. The van der Waals surface area contributed by atoms with Gasteiger partial charge < -0.3 is 24.4 Å². The summed E-state index contributed by atoms with van der Waals surface area (Å²) in [6.45, 7) is 7.96. The number of amides is 1. The monoisotopic (exact) mass is 356 g/mol. The molecule has 0 spiro atoms. The normalized spacial score (nSPS) is 18.9. The number of hydrogen-bond acceptors (Lipinski definition) is 8. The molecule has 1 aliphatic rings. The molecule has 0 aromatic carbocycles. The topological polar surface area (TPSA) is 126 Å². The van der Waals surface area contributed by atoms with E-state index >= 15 is 0 Å². The van der Waals surface area contributed by atoms with Gasteiger partial charge in [-0.3, -0.25) is 9.36 Å². The standard InChI is InChI=1S/C14H20N4O7/c1-9(19)25-17(13(2,3)4)12(20)23-8-14(5)7-16-6-10(18(21)22)15-11(16)24-14/h6H,7-8H2,1-5H3. The van der Waals surface area contributed by atoms with Crippen LogP contribution in [0, 0.1) is 10.1 Å². The van der Waals surface area contributed by atoms with E-state index in [4.69, 9.17) is 14.3 Å². The number of fused-ring (bicyclic) bond motifs is 1. The molecule has 0 bridgehead atoms. The fraction of sp³-hybridized carbons (Fsp3) is 0.643. The number of carbonyl (C=O) groups excluding carboxylic acids is 2. The van der Waals surface area contributed by atoms with Crippen LogP contribution < -0.4 is 4.74 Å². The number of imidazole rings is 1. The highest BCUT2D eigenvalue weighted by atomic mass is 16.8. The van der Waals surface area contributed by atoms with Crippen LogP contribution in [0.2, 0.25) is 0 Å². The van der Waals surface area contributed by atoms with Crippen LogP contribution in [0.1, 0.15) is 34.6 Å². The summed E-state index contributed by atoms with van der Waals surface area (Å²) in [6.07, 6.45) is 0.408. The summed E-state index contributed by atoms with van der Waals surface area (Å²) in [7, 11) is 0. The predicted molar refractivity (Wildman–Crippen MR) is 82.6 cm³/mol. The van der Waals surface area contributed by atoms with E-state index in [-0.39, 0.29) is 25.0 Å². The number of nitro groups is 1. The van der Waals surface area contributed by atoms with Gasteiger partial charge in [0.1, 0.15) is 12.8 Å². The quantitative estimate of drug-likeness (QED) is 0.591. The fourth-order valence-corrected chi connectivity index (χ4v) is 2.21. The van der Waals surface area contributed by atoms with Gasteiger partial charge >= 0.3 is 23.9 Å². The molecule has 1 aromatic rings. The molecule has 0 fully saturated rings. The maximum absolute atomic E-state index is 12.2. The molecule has 0 aliphatic carbocycles. The lowest BCUT2D eigenvalue weighted by Gasteiger charge is -2.32. The summed E-state index contributed by atoms with van der Waals surface area (Å²) in [5.74, 6) is -0.967. The third kappa shape index (κ3) is 4.17.